The van der Waals surface area contributed by atoms with Gasteiger partial charge in [0.2, 0.25) is 0 Å². The number of fused-ring (bicyclic) bond motifs is 1. The molecule has 0 saturated carbocycles. The van der Waals surface area contributed by atoms with Crippen LogP contribution in [0.1, 0.15) is 35.8 Å². The van der Waals surface area contributed by atoms with Gasteiger partial charge in [-0.1, -0.05) is 41.7 Å². The summed E-state index contributed by atoms with van der Waals surface area (Å²) in [5.41, 5.74) is 2.13. The number of anilines is 1. The van der Waals surface area contributed by atoms with Crippen molar-refractivity contribution in [1.29, 1.82) is 0 Å². The van der Waals surface area contributed by atoms with Gasteiger partial charge in [-0.2, -0.15) is 0 Å². The SMILES string of the molecule is CCOC(=O)C1=C(C)N=c2s/c(=C\Nc3ccc(C(=O)O)cc3)c(=O)n2C1c1ccccc1. The molecule has 2 aromatic carbocycles. The first-order valence-corrected chi connectivity index (χ1v) is 11.1. The molecular weight excluding hydrogens is 442 g/mol. The number of aromatic carboxylic acids is 1. The molecule has 0 fully saturated rings. The lowest BCUT2D eigenvalue weighted by molar-refractivity contribution is -0.139. The fourth-order valence-corrected chi connectivity index (χ4v) is 4.57. The predicted molar refractivity (Wildman–Crippen MR) is 125 cm³/mol. The van der Waals surface area contributed by atoms with Crippen LogP contribution >= 0.6 is 11.3 Å². The highest BCUT2D eigenvalue weighted by Gasteiger charge is 2.33. The van der Waals surface area contributed by atoms with Crippen LogP contribution in [-0.2, 0) is 9.53 Å². The maximum absolute atomic E-state index is 13.4. The Kier molecular flexibility index (Phi) is 6.23. The van der Waals surface area contributed by atoms with E-state index in [1.54, 1.807) is 32.2 Å². The van der Waals surface area contributed by atoms with E-state index in [-0.39, 0.29) is 17.7 Å². The first kappa shape index (κ1) is 22.2. The zero-order valence-electron chi connectivity index (χ0n) is 17.9. The van der Waals surface area contributed by atoms with E-state index in [9.17, 15) is 14.4 Å². The third kappa shape index (κ3) is 4.35. The van der Waals surface area contributed by atoms with Gasteiger partial charge >= 0.3 is 11.9 Å². The first-order chi connectivity index (χ1) is 15.9. The highest BCUT2D eigenvalue weighted by atomic mass is 32.1. The van der Waals surface area contributed by atoms with E-state index in [1.807, 2.05) is 30.3 Å². The smallest absolute Gasteiger partial charge is 0.338 e. The van der Waals surface area contributed by atoms with E-state index in [0.717, 1.165) is 5.56 Å². The number of ether oxygens (including phenoxy) is 1. The predicted octanol–water partition coefficient (Wildman–Crippen LogP) is 2.52. The molecule has 2 N–H and O–H groups in total. The van der Waals surface area contributed by atoms with E-state index in [0.29, 0.717) is 26.3 Å². The highest BCUT2D eigenvalue weighted by molar-refractivity contribution is 7.07. The van der Waals surface area contributed by atoms with Gasteiger partial charge in [0.1, 0.15) is 4.53 Å². The molecule has 1 atom stereocenters. The van der Waals surface area contributed by atoms with Gasteiger partial charge < -0.3 is 15.2 Å². The van der Waals surface area contributed by atoms with Gasteiger partial charge in [-0.3, -0.25) is 9.36 Å². The maximum atomic E-state index is 13.4. The molecule has 0 aliphatic carbocycles. The van der Waals surface area contributed by atoms with E-state index >= 15 is 0 Å². The van der Waals surface area contributed by atoms with Crippen molar-refractivity contribution in [3.05, 3.63) is 96.7 Å². The molecule has 0 radical (unpaired) electrons. The molecule has 1 aliphatic rings. The molecule has 1 aromatic heterocycles. The summed E-state index contributed by atoms with van der Waals surface area (Å²) in [6.07, 6.45) is 1.56. The minimum absolute atomic E-state index is 0.171. The summed E-state index contributed by atoms with van der Waals surface area (Å²) in [7, 11) is 0. The zero-order valence-corrected chi connectivity index (χ0v) is 18.8. The maximum Gasteiger partial charge on any atom is 0.338 e. The number of aromatic nitrogens is 1. The molecule has 168 valence electrons. The number of esters is 1. The van der Waals surface area contributed by atoms with Crippen LogP contribution in [0.4, 0.5) is 5.69 Å². The summed E-state index contributed by atoms with van der Waals surface area (Å²) in [4.78, 5) is 42.2. The fourth-order valence-electron chi connectivity index (χ4n) is 3.60. The molecule has 0 spiro atoms. The third-order valence-corrected chi connectivity index (χ3v) is 6.12. The lowest BCUT2D eigenvalue weighted by Gasteiger charge is -2.24. The molecule has 0 amide bonds. The third-order valence-electron chi connectivity index (χ3n) is 5.13. The van der Waals surface area contributed by atoms with Gasteiger partial charge in [0, 0.05) is 11.9 Å². The standard InChI is InChI=1S/C24H21N3O5S/c1-3-32-23(31)19-14(2)26-24-27(20(19)15-7-5-4-6-8-15)21(28)18(33-24)13-25-17-11-9-16(10-12-17)22(29)30/h4-13,20,25H,3H2,1-2H3,(H,29,30)/b18-13-. The van der Waals surface area contributed by atoms with Crippen molar-refractivity contribution < 1.29 is 19.4 Å². The molecule has 1 unspecified atom stereocenters. The number of carbonyl (C=O) groups is 2. The Balaban J connectivity index is 1.80. The summed E-state index contributed by atoms with van der Waals surface area (Å²) in [5, 5.41) is 12.1. The lowest BCUT2D eigenvalue weighted by atomic mass is 9.96. The Morgan fingerprint density at radius 1 is 1.18 bits per heavy atom. The topological polar surface area (TPSA) is 110 Å². The number of carboxylic acids is 1. The molecule has 4 rings (SSSR count). The van der Waals surface area contributed by atoms with Crippen molar-refractivity contribution in [3.63, 3.8) is 0 Å². The average Bonchev–Trinajstić information content (AvgIpc) is 3.12. The van der Waals surface area contributed by atoms with Crippen LogP contribution in [0.25, 0.3) is 6.20 Å². The van der Waals surface area contributed by atoms with E-state index < -0.39 is 18.0 Å². The summed E-state index contributed by atoms with van der Waals surface area (Å²) in [5.74, 6) is -1.51. The van der Waals surface area contributed by atoms with E-state index in [1.165, 1.54) is 28.0 Å². The Bertz CT molecular complexity index is 1420. The fraction of sp³-hybridized carbons (Fsp3) is 0.167. The minimum atomic E-state index is -1.01. The van der Waals surface area contributed by atoms with E-state index in [4.69, 9.17) is 9.84 Å². The summed E-state index contributed by atoms with van der Waals surface area (Å²) >= 11 is 1.20. The summed E-state index contributed by atoms with van der Waals surface area (Å²) < 4.78 is 7.18. The Hall–Kier alpha value is -3.98. The second kappa shape index (κ2) is 9.25. The minimum Gasteiger partial charge on any atom is -0.478 e. The number of allylic oxidation sites excluding steroid dienone is 1. The van der Waals surface area contributed by atoms with Crippen molar-refractivity contribution in [1.82, 2.24) is 4.57 Å². The van der Waals surface area contributed by atoms with Gasteiger partial charge in [0.15, 0.2) is 4.80 Å². The van der Waals surface area contributed by atoms with Crippen LogP contribution in [0.5, 0.6) is 0 Å². The lowest BCUT2D eigenvalue weighted by Crippen LogP contribution is -2.40. The highest BCUT2D eigenvalue weighted by Crippen LogP contribution is 2.30. The summed E-state index contributed by atoms with van der Waals surface area (Å²) in [6.45, 7) is 3.68. The quantitative estimate of drug-likeness (QED) is 0.544. The van der Waals surface area contributed by atoms with Crippen LogP contribution in [0.2, 0.25) is 0 Å². The van der Waals surface area contributed by atoms with Crippen molar-refractivity contribution in [2.24, 2.45) is 4.99 Å². The molecule has 8 nitrogen and oxygen atoms in total. The number of nitrogens with one attached hydrogen (secondary N) is 1. The Morgan fingerprint density at radius 3 is 2.52 bits per heavy atom. The number of nitrogens with zero attached hydrogens (tertiary/aromatic N) is 2. The molecule has 1 aliphatic heterocycles. The van der Waals surface area contributed by atoms with Gasteiger partial charge in [-0.15, -0.1) is 0 Å². The second-order valence-electron chi connectivity index (χ2n) is 7.24. The monoisotopic (exact) mass is 463 g/mol. The van der Waals surface area contributed by atoms with E-state index in [2.05, 4.69) is 10.3 Å². The molecule has 2 heterocycles. The normalized spacial score (nSPS) is 15.6. The summed E-state index contributed by atoms with van der Waals surface area (Å²) in [6, 6.07) is 14.8. The zero-order chi connectivity index (χ0) is 23.5. The van der Waals surface area contributed by atoms with Crippen LogP contribution < -0.4 is 20.2 Å². The Morgan fingerprint density at radius 2 is 1.88 bits per heavy atom. The molecule has 0 saturated heterocycles. The number of hydrogen-bond acceptors (Lipinski definition) is 7. The van der Waals surface area contributed by atoms with Gasteiger partial charge in [0.25, 0.3) is 5.56 Å². The van der Waals surface area contributed by atoms with Crippen LogP contribution in [0.15, 0.2) is 75.7 Å². The molecule has 33 heavy (non-hydrogen) atoms. The number of thiazole rings is 1. The van der Waals surface area contributed by atoms with Crippen molar-refractivity contribution in [3.8, 4) is 0 Å². The van der Waals surface area contributed by atoms with Crippen molar-refractivity contribution in [2.45, 2.75) is 19.9 Å². The molecule has 0 bridgehead atoms. The van der Waals surface area contributed by atoms with Crippen molar-refractivity contribution in [2.75, 3.05) is 11.9 Å². The van der Waals surface area contributed by atoms with Crippen LogP contribution in [0.3, 0.4) is 0 Å². The number of carboxylic acid groups (broad SMARTS) is 1. The van der Waals surface area contributed by atoms with Gasteiger partial charge in [-0.05, 0) is 43.7 Å². The number of carbonyl (C=O) groups excluding carboxylic acids is 1. The largest absolute Gasteiger partial charge is 0.478 e. The number of benzene rings is 2. The molecule has 3 aromatic rings. The van der Waals surface area contributed by atoms with Crippen LogP contribution in [0, 0.1) is 0 Å². The molecule has 9 heteroatoms. The molecular formula is C24H21N3O5S. The number of hydrogen-bond donors (Lipinski definition) is 2. The Labute approximate surface area is 192 Å². The van der Waals surface area contributed by atoms with Crippen molar-refractivity contribution >= 4 is 35.2 Å². The number of rotatable bonds is 6. The first-order valence-electron chi connectivity index (χ1n) is 10.2. The van der Waals surface area contributed by atoms with Crippen LogP contribution in [-0.4, -0.2) is 28.2 Å². The van der Waals surface area contributed by atoms with Gasteiger partial charge in [0.05, 0.1) is 29.5 Å². The second-order valence-corrected chi connectivity index (χ2v) is 8.25. The van der Waals surface area contributed by atoms with Gasteiger partial charge in [-0.25, -0.2) is 14.6 Å². The average molecular weight is 464 g/mol.